The summed E-state index contributed by atoms with van der Waals surface area (Å²) in [5.41, 5.74) is 1.82. The minimum Gasteiger partial charge on any atom is -0.383 e. The molecule has 0 aliphatic carbocycles. The van der Waals surface area contributed by atoms with Crippen LogP contribution >= 0.6 is 0 Å². The second-order valence-electron chi connectivity index (χ2n) is 5.72. The molecule has 1 aromatic carbocycles. The van der Waals surface area contributed by atoms with Crippen LogP contribution in [-0.2, 0) is 16.1 Å². The second-order valence-corrected chi connectivity index (χ2v) is 5.72. The lowest BCUT2D eigenvalue weighted by Gasteiger charge is -2.09. The number of hydrogen-bond donors (Lipinski definition) is 3. The van der Waals surface area contributed by atoms with Gasteiger partial charge in [-0.25, -0.2) is 4.79 Å². The fourth-order valence-corrected chi connectivity index (χ4v) is 2.47. The van der Waals surface area contributed by atoms with Crippen molar-refractivity contribution >= 4 is 34.2 Å². The first-order chi connectivity index (χ1) is 13.2. The normalized spacial score (nSPS) is 10.6. The second kappa shape index (κ2) is 8.77. The summed E-state index contributed by atoms with van der Waals surface area (Å²) in [4.78, 5) is 28.3. The quantitative estimate of drug-likeness (QED) is 0.589. The third kappa shape index (κ3) is 5.02. The van der Waals surface area contributed by atoms with Crippen LogP contribution in [0.25, 0.3) is 10.9 Å². The van der Waals surface area contributed by atoms with Gasteiger partial charge in [0.25, 0.3) is 0 Å². The molecule has 0 aliphatic heterocycles. The molecule has 2 heterocycles. The number of nitrogens with one attached hydrogen (secondary N) is 3. The molecule has 0 atom stereocenters. The van der Waals surface area contributed by atoms with Crippen molar-refractivity contribution in [3.63, 3.8) is 0 Å². The lowest BCUT2D eigenvalue weighted by atomic mass is 10.2. The van der Waals surface area contributed by atoms with Crippen molar-refractivity contribution < 1.29 is 14.3 Å². The first kappa shape index (κ1) is 18.3. The molecule has 0 spiro atoms. The maximum Gasteiger partial charge on any atom is 0.319 e. The van der Waals surface area contributed by atoms with Crippen molar-refractivity contribution in [2.75, 3.05) is 30.9 Å². The molecule has 0 fully saturated rings. The van der Waals surface area contributed by atoms with Gasteiger partial charge in [0, 0.05) is 24.9 Å². The number of amides is 3. The van der Waals surface area contributed by atoms with Crippen molar-refractivity contribution in [1.29, 1.82) is 0 Å². The van der Waals surface area contributed by atoms with Gasteiger partial charge in [-0.15, -0.1) is 0 Å². The summed E-state index contributed by atoms with van der Waals surface area (Å²) < 4.78 is 6.62. The van der Waals surface area contributed by atoms with Gasteiger partial charge in [0.1, 0.15) is 0 Å². The third-order valence-corrected chi connectivity index (χ3v) is 3.73. The van der Waals surface area contributed by atoms with Crippen LogP contribution in [0.5, 0.6) is 0 Å². The van der Waals surface area contributed by atoms with E-state index in [-0.39, 0.29) is 12.5 Å². The summed E-state index contributed by atoms with van der Waals surface area (Å²) in [6.45, 7) is 0.935. The van der Waals surface area contributed by atoms with Crippen LogP contribution < -0.4 is 16.0 Å². The number of benzene rings is 1. The van der Waals surface area contributed by atoms with Crippen molar-refractivity contribution in [2.24, 2.45) is 0 Å². The zero-order valence-corrected chi connectivity index (χ0v) is 14.8. The van der Waals surface area contributed by atoms with Gasteiger partial charge in [-0.05, 0) is 12.1 Å². The number of ether oxygens (including phenoxy) is 1. The number of nitrogens with zero attached hydrogens (tertiary/aromatic N) is 3. The smallest absolute Gasteiger partial charge is 0.319 e. The summed E-state index contributed by atoms with van der Waals surface area (Å²) >= 11 is 0. The zero-order valence-electron chi connectivity index (χ0n) is 14.8. The Labute approximate surface area is 155 Å². The number of carbonyl (C=O) groups is 2. The standard InChI is InChI=1S/C18H20N6O3/c1-27-9-8-24-12-14(10-21-24)22-18(26)20-11-16(25)23-15-6-2-4-13-5-3-7-19-17(13)15/h2-7,10,12H,8-9,11H2,1H3,(H,23,25)(H2,20,22,26). The highest BCUT2D eigenvalue weighted by atomic mass is 16.5. The van der Waals surface area contributed by atoms with Crippen LogP contribution in [0, 0.1) is 0 Å². The van der Waals surface area contributed by atoms with E-state index in [4.69, 9.17) is 4.74 Å². The molecule has 0 bridgehead atoms. The summed E-state index contributed by atoms with van der Waals surface area (Å²) in [5.74, 6) is -0.348. The van der Waals surface area contributed by atoms with Gasteiger partial charge >= 0.3 is 6.03 Å². The molecule has 140 valence electrons. The molecule has 0 unspecified atom stereocenters. The van der Waals surface area contributed by atoms with Gasteiger partial charge in [-0.2, -0.15) is 5.10 Å². The van der Waals surface area contributed by atoms with Gasteiger partial charge < -0.3 is 20.7 Å². The largest absolute Gasteiger partial charge is 0.383 e. The van der Waals surface area contributed by atoms with E-state index >= 15 is 0 Å². The molecule has 3 aromatic rings. The van der Waals surface area contributed by atoms with E-state index in [9.17, 15) is 9.59 Å². The molecule has 9 nitrogen and oxygen atoms in total. The Bertz CT molecular complexity index is 934. The molecule has 3 N–H and O–H groups in total. The number of para-hydroxylation sites is 1. The minimum absolute atomic E-state index is 0.174. The number of rotatable bonds is 7. The molecule has 0 radical (unpaired) electrons. The maximum absolute atomic E-state index is 12.1. The molecule has 9 heteroatoms. The molecule has 0 saturated carbocycles. The van der Waals surface area contributed by atoms with E-state index in [1.807, 2.05) is 24.3 Å². The number of aromatic nitrogens is 3. The van der Waals surface area contributed by atoms with Gasteiger partial charge in [0.05, 0.1) is 42.8 Å². The topological polar surface area (TPSA) is 110 Å². The van der Waals surface area contributed by atoms with Crippen molar-refractivity contribution in [1.82, 2.24) is 20.1 Å². The predicted molar refractivity (Wildman–Crippen MR) is 101 cm³/mol. The van der Waals surface area contributed by atoms with Crippen molar-refractivity contribution in [2.45, 2.75) is 6.54 Å². The molecule has 0 saturated heterocycles. The Morgan fingerprint density at radius 2 is 2.04 bits per heavy atom. The highest BCUT2D eigenvalue weighted by Crippen LogP contribution is 2.20. The Kier molecular flexibility index (Phi) is 5.95. The van der Waals surface area contributed by atoms with E-state index in [1.165, 1.54) is 6.20 Å². The number of fused-ring (bicyclic) bond motifs is 1. The van der Waals surface area contributed by atoms with E-state index in [1.54, 1.807) is 30.3 Å². The van der Waals surface area contributed by atoms with E-state index < -0.39 is 6.03 Å². The monoisotopic (exact) mass is 368 g/mol. The third-order valence-electron chi connectivity index (χ3n) is 3.73. The fraction of sp³-hybridized carbons (Fsp3) is 0.222. The first-order valence-electron chi connectivity index (χ1n) is 8.35. The van der Waals surface area contributed by atoms with Crippen LogP contribution in [0.1, 0.15) is 0 Å². The SMILES string of the molecule is COCCn1cc(NC(=O)NCC(=O)Nc2cccc3cccnc23)cn1. The summed E-state index contributed by atoms with van der Waals surface area (Å²) in [7, 11) is 1.61. The molecule has 0 aliphatic rings. The molecular weight excluding hydrogens is 348 g/mol. The van der Waals surface area contributed by atoms with Gasteiger partial charge in [0.15, 0.2) is 0 Å². The minimum atomic E-state index is -0.493. The van der Waals surface area contributed by atoms with Gasteiger partial charge in [-0.3, -0.25) is 14.5 Å². The van der Waals surface area contributed by atoms with Crippen molar-refractivity contribution in [3.8, 4) is 0 Å². The number of anilines is 2. The Morgan fingerprint density at radius 1 is 1.19 bits per heavy atom. The lowest BCUT2D eigenvalue weighted by molar-refractivity contribution is -0.115. The summed E-state index contributed by atoms with van der Waals surface area (Å²) in [6.07, 6.45) is 4.87. The van der Waals surface area contributed by atoms with Crippen LogP contribution in [0.4, 0.5) is 16.2 Å². The Balaban J connectivity index is 1.50. The molecule has 2 aromatic heterocycles. The van der Waals surface area contributed by atoms with Crippen LogP contribution in [-0.4, -0.2) is 47.0 Å². The van der Waals surface area contributed by atoms with E-state index in [2.05, 4.69) is 26.0 Å². The number of pyridine rings is 1. The fourth-order valence-electron chi connectivity index (χ4n) is 2.47. The molecule has 3 rings (SSSR count). The average Bonchev–Trinajstić information content (AvgIpc) is 3.12. The predicted octanol–water partition coefficient (Wildman–Crippen LogP) is 1.84. The first-order valence-corrected chi connectivity index (χ1v) is 8.35. The molecule has 27 heavy (non-hydrogen) atoms. The van der Waals surface area contributed by atoms with Gasteiger partial charge in [0.2, 0.25) is 5.91 Å². The van der Waals surface area contributed by atoms with Crippen molar-refractivity contribution in [3.05, 3.63) is 48.9 Å². The highest BCUT2D eigenvalue weighted by Gasteiger charge is 2.09. The Hall–Kier alpha value is -3.46. The number of urea groups is 1. The summed E-state index contributed by atoms with van der Waals surface area (Å²) in [5, 5.41) is 12.9. The molecular formula is C18H20N6O3. The summed E-state index contributed by atoms with van der Waals surface area (Å²) in [6, 6.07) is 8.76. The number of hydrogen-bond acceptors (Lipinski definition) is 5. The maximum atomic E-state index is 12.1. The highest BCUT2D eigenvalue weighted by molar-refractivity contribution is 6.02. The zero-order chi connectivity index (χ0) is 19.1. The van der Waals surface area contributed by atoms with Crippen LogP contribution in [0.2, 0.25) is 0 Å². The van der Waals surface area contributed by atoms with Gasteiger partial charge in [-0.1, -0.05) is 18.2 Å². The van der Waals surface area contributed by atoms with Crippen LogP contribution in [0.15, 0.2) is 48.9 Å². The lowest BCUT2D eigenvalue weighted by Crippen LogP contribution is -2.35. The van der Waals surface area contributed by atoms with Crippen LogP contribution in [0.3, 0.4) is 0 Å². The Morgan fingerprint density at radius 3 is 2.89 bits per heavy atom. The number of carbonyl (C=O) groups excluding carboxylic acids is 2. The average molecular weight is 368 g/mol. The molecule has 3 amide bonds. The van der Waals surface area contributed by atoms with E-state index in [0.29, 0.717) is 30.0 Å². The number of methoxy groups -OCH3 is 1. The van der Waals surface area contributed by atoms with E-state index in [0.717, 1.165) is 5.39 Å².